The minimum absolute atomic E-state index is 0.261. The molecule has 0 aliphatic heterocycles. The standard InChI is InChI=1S/C12H18N4O/c1-2-7-17-8-3-6-15-12-5-4-10(14)11(9-13)16-12/h4-5H,2-3,6-8,14H2,1H3,(H,15,16). The zero-order valence-corrected chi connectivity index (χ0v) is 10.1. The van der Waals surface area contributed by atoms with Crippen molar-refractivity contribution in [2.45, 2.75) is 19.8 Å². The number of nitrogens with one attached hydrogen (secondary N) is 1. The van der Waals surface area contributed by atoms with Crippen LogP contribution in [0.3, 0.4) is 0 Å². The number of nitrogens with two attached hydrogens (primary N) is 1. The first-order chi connectivity index (χ1) is 8.27. The van der Waals surface area contributed by atoms with Crippen LogP contribution in [0, 0.1) is 11.3 Å². The molecule has 1 aromatic heterocycles. The van der Waals surface area contributed by atoms with Crippen LogP contribution >= 0.6 is 0 Å². The molecular formula is C12H18N4O. The van der Waals surface area contributed by atoms with Crippen LogP contribution in [0.15, 0.2) is 12.1 Å². The molecule has 0 fully saturated rings. The second-order valence-electron chi connectivity index (χ2n) is 3.64. The second-order valence-corrected chi connectivity index (χ2v) is 3.64. The van der Waals surface area contributed by atoms with Gasteiger partial charge in [0.15, 0.2) is 5.69 Å². The van der Waals surface area contributed by atoms with Gasteiger partial charge in [-0.3, -0.25) is 0 Å². The molecule has 5 nitrogen and oxygen atoms in total. The Morgan fingerprint density at radius 1 is 1.47 bits per heavy atom. The lowest BCUT2D eigenvalue weighted by atomic mass is 10.3. The Bertz CT molecular complexity index is 387. The van der Waals surface area contributed by atoms with Crippen LogP contribution in [-0.4, -0.2) is 24.7 Å². The highest BCUT2D eigenvalue weighted by Gasteiger charge is 2.01. The van der Waals surface area contributed by atoms with Gasteiger partial charge in [-0.1, -0.05) is 6.92 Å². The molecular weight excluding hydrogens is 216 g/mol. The quantitative estimate of drug-likeness (QED) is 0.702. The number of hydrogen-bond acceptors (Lipinski definition) is 5. The summed E-state index contributed by atoms with van der Waals surface area (Å²) >= 11 is 0. The highest BCUT2D eigenvalue weighted by molar-refractivity contribution is 5.54. The van der Waals surface area contributed by atoms with Crippen LogP contribution in [-0.2, 0) is 4.74 Å². The molecule has 0 unspecified atom stereocenters. The summed E-state index contributed by atoms with van der Waals surface area (Å²) in [6, 6.07) is 5.40. The summed E-state index contributed by atoms with van der Waals surface area (Å²) in [4.78, 5) is 4.09. The van der Waals surface area contributed by atoms with E-state index in [2.05, 4.69) is 17.2 Å². The Morgan fingerprint density at radius 2 is 2.29 bits per heavy atom. The number of nitrogens with zero attached hydrogens (tertiary/aromatic N) is 2. The molecule has 0 amide bonds. The summed E-state index contributed by atoms with van der Waals surface area (Å²) in [7, 11) is 0. The fraction of sp³-hybridized carbons (Fsp3) is 0.500. The molecule has 1 rings (SSSR count). The van der Waals surface area contributed by atoms with E-state index in [4.69, 9.17) is 15.7 Å². The van der Waals surface area contributed by atoms with E-state index >= 15 is 0 Å². The van der Waals surface area contributed by atoms with Crippen LogP contribution in [0.1, 0.15) is 25.5 Å². The van der Waals surface area contributed by atoms with Crippen LogP contribution in [0.4, 0.5) is 11.5 Å². The van der Waals surface area contributed by atoms with Gasteiger partial charge in [-0.05, 0) is 25.0 Å². The highest BCUT2D eigenvalue weighted by Crippen LogP contribution is 2.11. The van der Waals surface area contributed by atoms with Crippen molar-refractivity contribution in [3.05, 3.63) is 17.8 Å². The third-order valence-electron chi connectivity index (χ3n) is 2.15. The molecule has 0 radical (unpaired) electrons. The van der Waals surface area contributed by atoms with Crippen molar-refractivity contribution in [2.24, 2.45) is 0 Å². The summed E-state index contributed by atoms with van der Waals surface area (Å²) < 4.78 is 5.35. The smallest absolute Gasteiger partial charge is 0.165 e. The Labute approximate surface area is 102 Å². The molecule has 3 N–H and O–H groups in total. The van der Waals surface area contributed by atoms with E-state index < -0.39 is 0 Å². The lowest BCUT2D eigenvalue weighted by Crippen LogP contribution is -2.08. The first-order valence-corrected chi connectivity index (χ1v) is 5.76. The number of aromatic nitrogens is 1. The van der Waals surface area contributed by atoms with Gasteiger partial charge >= 0.3 is 0 Å². The number of nitriles is 1. The van der Waals surface area contributed by atoms with Gasteiger partial charge < -0.3 is 15.8 Å². The third kappa shape index (κ3) is 4.70. The Balaban J connectivity index is 2.30. The zero-order valence-electron chi connectivity index (χ0n) is 10.1. The predicted octanol–water partition coefficient (Wildman–Crippen LogP) is 1.76. The fourth-order valence-electron chi connectivity index (χ4n) is 1.30. The van der Waals surface area contributed by atoms with Gasteiger partial charge in [-0.15, -0.1) is 0 Å². The maximum absolute atomic E-state index is 8.77. The van der Waals surface area contributed by atoms with E-state index in [0.29, 0.717) is 11.5 Å². The molecule has 0 spiro atoms. The van der Waals surface area contributed by atoms with Crippen molar-refractivity contribution >= 4 is 11.5 Å². The molecule has 0 bridgehead atoms. The van der Waals surface area contributed by atoms with Crippen LogP contribution in [0.2, 0.25) is 0 Å². The van der Waals surface area contributed by atoms with Crippen molar-refractivity contribution in [1.82, 2.24) is 4.98 Å². The minimum atomic E-state index is 0.261. The monoisotopic (exact) mass is 234 g/mol. The molecule has 0 aliphatic carbocycles. The number of ether oxygens (including phenoxy) is 1. The Morgan fingerprint density at radius 3 is 3.00 bits per heavy atom. The topological polar surface area (TPSA) is 84.0 Å². The van der Waals surface area contributed by atoms with E-state index in [-0.39, 0.29) is 5.69 Å². The molecule has 0 saturated carbocycles. The van der Waals surface area contributed by atoms with Gasteiger partial charge in [0, 0.05) is 19.8 Å². The maximum atomic E-state index is 8.77. The molecule has 0 saturated heterocycles. The lowest BCUT2D eigenvalue weighted by molar-refractivity contribution is 0.134. The van der Waals surface area contributed by atoms with Crippen molar-refractivity contribution in [1.29, 1.82) is 5.26 Å². The number of pyridine rings is 1. The number of nitrogen functional groups attached to an aromatic ring is 1. The molecule has 92 valence electrons. The van der Waals surface area contributed by atoms with E-state index in [0.717, 1.165) is 32.6 Å². The van der Waals surface area contributed by atoms with E-state index in [9.17, 15) is 0 Å². The molecule has 17 heavy (non-hydrogen) atoms. The SMILES string of the molecule is CCCOCCCNc1ccc(N)c(C#N)n1. The van der Waals surface area contributed by atoms with E-state index in [1.54, 1.807) is 12.1 Å². The third-order valence-corrected chi connectivity index (χ3v) is 2.15. The largest absolute Gasteiger partial charge is 0.396 e. The number of hydrogen-bond donors (Lipinski definition) is 2. The first-order valence-electron chi connectivity index (χ1n) is 5.76. The minimum Gasteiger partial charge on any atom is -0.396 e. The summed E-state index contributed by atoms with van der Waals surface area (Å²) in [5.41, 5.74) is 6.24. The van der Waals surface area contributed by atoms with Gasteiger partial charge in [0.2, 0.25) is 0 Å². The number of anilines is 2. The molecule has 0 atom stereocenters. The van der Waals surface area contributed by atoms with E-state index in [1.807, 2.05) is 6.07 Å². The van der Waals surface area contributed by atoms with Gasteiger partial charge in [0.1, 0.15) is 11.9 Å². The van der Waals surface area contributed by atoms with Crippen molar-refractivity contribution in [3.8, 4) is 6.07 Å². The Hall–Kier alpha value is -1.80. The molecule has 1 heterocycles. The Kier molecular flexibility index (Phi) is 5.83. The predicted molar refractivity (Wildman–Crippen MR) is 67.6 cm³/mol. The van der Waals surface area contributed by atoms with Crippen molar-refractivity contribution in [2.75, 3.05) is 30.8 Å². The van der Waals surface area contributed by atoms with Crippen molar-refractivity contribution in [3.63, 3.8) is 0 Å². The first kappa shape index (κ1) is 13.3. The van der Waals surface area contributed by atoms with Crippen LogP contribution < -0.4 is 11.1 Å². The van der Waals surface area contributed by atoms with Gasteiger partial charge in [0.25, 0.3) is 0 Å². The van der Waals surface area contributed by atoms with Gasteiger partial charge in [-0.25, -0.2) is 4.98 Å². The highest BCUT2D eigenvalue weighted by atomic mass is 16.5. The zero-order chi connectivity index (χ0) is 12.5. The van der Waals surface area contributed by atoms with Gasteiger partial charge in [0.05, 0.1) is 5.69 Å². The van der Waals surface area contributed by atoms with E-state index in [1.165, 1.54) is 0 Å². The summed E-state index contributed by atoms with van der Waals surface area (Å²) in [5, 5.41) is 11.9. The average Bonchev–Trinajstić information content (AvgIpc) is 2.35. The molecule has 1 aromatic rings. The van der Waals surface area contributed by atoms with Crippen LogP contribution in [0.25, 0.3) is 0 Å². The number of rotatable bonds is 7. The normalized spacial score (nSPS) is 9.88. The summed E-state index contributed by atoms with van der Waals surface area (Å²) in [5.74, 6) is 0.672. The maximum Gasteiger partial charge on any atom is 0.165 e. The van der Waals surface area contributed by atoms with Crippen molar-refractivity contribution < 1.29 is 4.74 Å². The van der Waals surface area contributed by atoms with Gasteiger partial charge in [-0.2, -0.15) is 5.26 Å². The molecule has 0 aromatic carbocycles. The summed E-state index contributed by atoms with van der Waals surface area (Å²) in [6.07, 6.45) is 1.95. The molecule has 5 heteroatoms. The molecule has 0 aliphatic rings. The van der Waals surface area contributed by atoms with Crippen LogP contribution in [0.5, 0.6) is 0 Å². The lowest BCUT2D eigenvalue weighted by Gasteiger charge is -2.06. The average molecular weight is 234 g/mol. The fourth-order valence-corrected chi connectivity index (χ4v) is 1.30. The summed E-state index contributed by atoms with van der Waals surface area (Å²) in [6.45, 7) is 4.39. The second kappa shape index (κ2) is 7.47.